The minimum atomic E-state index is -0.890. The van der Waals surface area contributed by atoms with Gasteiger partial charge in [0.15, 0.2) is 0 Å². The van der Waals surface area contributed by atoms with E-state index < -0.39 is 16.8 Å². The van der Waals surface area contributed by atoms with Crippen LogP contribution in [0.1, 0.15) is 33.6 Å². The van der Waals surface area contributed by atoms with Crippen LogP contribution in [0.5, 0.6) is 0 Å². The smallest absolute Gasteiger partial charge is 0.317 e. The molecule has 1 unspecified atom stereocenters. The fourth-order valence-electron chi connectivity index (χ4n) is 1.51. The van der Waals surface area contributed by atoms with Crippen LogP contribution in [-0.4, -0.2) is 56.9 Å². The van der Waals surface area contributed by atoms with E-state index in [1.165, 1.54) is 0 Å². The van der Waals surface area contributed by atoms with Gasteiger partial charge in [0.2, 0.25) is 0 Å². The second kappa shape index (κ2) is 9.77. The topological polar surface area (TPSA) is 86.7 Å². The molecule has 0 radical (unpaired) electrons. The molecule has 0 aliphatic rings. The average Bonchev–Trinajstić information content (AvgIpc) is 2.33. The Bertz CT molecular complexity index is 321. The van der Waals surface area contributed by atoms with E-state index in [1.54, 1.807) is 4.90 Å². The van der Waals surface area contributed by atoms with Crippen LogP contribution in [0.25, 0.3) is 0 Å². The highest BCUT2D eigenvalue weighted by molar-refractivity contribution is 7.84. The van der Waals surface area contributed by atoms with Gasteiger partial charge in [-0.15, -0.1) is 0 Å². The molecule has 0 heterocycles. The number of carboxylic acid groups (broad SMARTS) is 1. The maximum atomic E-state index is 11.9. The summed E-state index contributed by atoms with van der Waals surface area (Å²) in [7, 11) is -0.890. The van der Waals surface area contributed by atoms with E-state index in [4.69, 9.17) is 5.11 Å². The van der Waals surface area contributed by atoms with Gasteiger partial charge in [-0.25, -0.2) is 4.79 Å². The summed E-state index contributed by atoms with van der Waals surface area (Å²) in [5, 5.41) is 11.3. The van der Waals surface area contributed by atoms with Crippen molar-refractivity contribution < 1.29 is 18.9 Å². The largest absolute Gasteiger partial charge is 0.481 e. The van der Waals surface area contributed by atoms with Gasteiger partial charge in [-0.2, -0.15) is 0 Å². The Morgan fingerprint density at radius 3 is 2.47 bits per heavy atom. The normalized spacial score (nSPS) is 12.2. The van der Waals surface area contributed by atoms with Crippen LogP contribution in [-0.2, 0) is 15.6 Å². The monoisotopic (exact) mass is 292 g/mol. The van der Waals surface area contributed by atoms with Crippen LogP contribution in [0.15, 0.2) is 0 Å². The Hall–Kier alpha value is -1.11. The van der Waals surface area contributed by atoms with Gasteiger partial charge in [-0.1, -0.05) is 6.92 Å². The molecule has 0 aromatic rings. The first-order valence-electron chi connectivity index (χ1n) is 6.49. The van der Waals surface area contributed by atoms with Crippen molar-refractivity contribution in [2.75, 3.05) is 24.6 Å². The predicted molar refractivity (Wildman–Crippen MR) is 75.7 cm³/mol. The Balaban J connectivity index is 4.11. The maximum Gasteiger partial charge on any atom is 0.317 e. The molecule has 0 bridgehead atoms. The van der Waals surface area contributed by atoms with Gasteiger partial charge in [0.25, 0.3) is 0 Å². The van der Waals surface area contributed by atoms with Crippen LogP contribution < -0.4 is 5.32 Å². The van der Waals surface area contributed by atoms with Crippen LogP contribution >= 0.6 is 0 Å². The number of carbonyl (C=O) groups is 2. The molecule has 7 heteroatoms. The van der Waals surface area contributed by atoms with Gasteiger partial charge >= 0.3 is 12.0 Å². The SMILES string of the molecule is CCS(=O)CCNC(=O)N(CCCC(=O)O)C(C)C. The van der Waals surface area contributed by atoms with Gasteiger partial charge in [0, 0.05) is 47.9 Å². The third kappa shape index (κ3) is 8.58. The molecule has 0 saturated heterocycles. The maximum absolute atomic E-state index is 11.9. The summed E-state index contributed by atoms with van der Waals surface area (Å²) in [4.78, 5) is 23.9. The summed E-state index contributed by atoms with van der Waals surface area (Å²) >= 11 is 0. The number of carbonyl (C=O) groups excluding carboxylic acids is 1. The molecule has 2 amide bonds. The number of nitrogens with zero attached hydrogens (tertiary/aromatic N) is 1. The van der Waals surface area contributed by atoms with Gasteiger partial charge in [0.05, 0.1) is 0 Å². The van der Waals surface area contributed by atoms with E-state index in [1.807, 2.05) is 20.8 Å². The van der Waals surface area contributed by atoms with Crippen LogP contribution in [0.2, 0.25) is 0 Å². The van der Waals surface area contributed by atoms with E-state index >= 15 is 0 Å². The van der Waals surface area contributed by atoms with Crippen molar-refractivity contribution in [2.24, 2.45) is 0 Å². The van der Waals surface area contributed by atoms with Crippen LogP contribution in [0.4, 0.5) is 4.79 Å². The minimum Gasteiger partial charge on any atom is -0.481 e. The third-order valence-corrected chi connectivity index (χ3v) is 3.91. The number of urea groups is 1. The zero-order chi connectivity index (χ0) is 14.8. The van der Waals surface area contributed by atoms with Crippen molar-refractivity contribution in [3.63, 3.8) is 0 Å². The van der Waals surface area contributed by atoms with E-state index in [2.05, 4.69) is 5.32 Å². The first kappa shape index (κ1) is 17.9. The highest BCUT2D eigenvalue weighted by Crippen LogP contribution is 2.02. The van der Waals surface area contributed by atoms with Crippen molar-refractivity contribution in [2.45, 2.75) is 39.7 Å². The summed E-state index contributed by atoms with van der Waals surface area (Å²) in [6.45, 7) is 6.38. The molecule has 0 spiro atoms. The van der Waals surface area contributed by atoms with Crippen LogP contribution in [0.3, 0.4) is 0 Å². The number of carboxylic acids is 1. The van der Waals surface area contributed by atoms with Crippen molar-refractivity contribution in [3.8, 4) is 0 Å². The first-order valence-corrected chi connectivity index (χ1v) is 7.98. The van der Waals surface area contributed by atoms with Crippen molar-refractivity contribution in [1.82, 2.24) is 10.2 Å². The number of rotatable bonds is 9. The summed E-state index contributed by atoms with van der Waals surface area (Å²) in [5.74, 6) is 0.175. The lowest BCUT2D eigenvalue weighted by atomic mass is 10.2. The van der Waals surface area contributed by atoms with Crippen LogP contribution in [0, 0.1) is 0 Å². The second-order valence-corrected chi connectivity index (χ2v) is 6.31. The van der Waals surface area contributed by atoms with E-state index in [0.717, 1.165) is 0 Å². The number of hydrogen-bond acceptors (Lipinski definition) is 3. The molecule has 112 valence electrons. The van der Waals surface area contributed by atoms with E-state index in [9.17, 15) is 13.8 Å². The fraction of sp³-hybridized carbons (Fsp3) is 0.833. The molecule has 1 atom stereocenters. The first-order chi connectivity index (χ1) is 8.88. The molecule has 2 N–H and O–H groups in total. The lowest BCUT2D eigenvalue weighted by Gasteiger charge is -2.26. The zero-order valence-electron chi connectivity index (χ0n) is 11.8. The molecule has 0 aliphatic heterocycles. The quantitative estimate of drug-likeness (QED) is 0.665. The van der Waals surface area contributed by atoms with Gasteiger partial charge in [-0.05, 0) is 20.3 Å². The lowest BCUT2D eigenvalue weighted by molar-refractivity contribution is -0.137. The lowest BCUT2D eigenvalue weighted by Crippen LogP contribution is -2.45. The Morgan fingerprint density at radius 1 is 1.37 bits per heavy atom. The molecule has 0 saturated carbocycles. The van der Waals surface area contributed by atoms with Gasteiger partial charge < -0.3 is 15.3 Å². The van der Waals surface area contributed by atoms with Crippen molar-refractivity contribution in [1.29, 1.82) is 0 Å². The number of amides is 2. The molecule has 0 aliphatic carbocycles. The average molecular weight is 292 g/mol. The molecule has 0 aromatic heterocycles. The molecule has 19 heavy (non-hydrogen) atoms. The number of aliphatic carboxylic acids is 1. The summed E-state index contributed by atoms with van der Waals surface area (Å²) in [6, 6.07) is -0.223. The van der Waals surface area contributed by atoms with Crippen molar-refractivity contribution in [3.05, 3.63) is 0 Å². The summed E-state index contributed by atoms with van der Waals surface area (Å²) < 4.78 is 11.2. The molecule has 6 nitrogen and oxygen atoms in total. The van der Waals surface area contributed by atoms with E-state index in [0.29, 0.717) is 31.0 Å². The van der Waals surface area contributed by atoms with E-state index in [-0.39, 0.29) is 18.5 Å². The Morgan fingerprint density at radius 2 is 2.00 bits per heavy atom. The van der Waals surface area contributed by atoms with Gasteiger partial charge in [-0.3, -0.25) is 9.00 Å². The molecule has 0 fully saturated rings. The molecular weight excluding hydrogens is 268 g/mol. The minimum absolute atomic E-state index is 0.00506. The zero-order valence-corrected chi connectivity index (χ0v) is 12.7. The third-order valence-electron chi connectivity index (χ3n) is 2.60. The van der Waals surface area contributed by atoms with Gasteiger partial charge in [0.1, 0.15) is 0 Å². The predicted octanol–water partition coefficient (Wildman–Crippen LogP) is 1.04. The number of nitrogens with one attached hydrogen (secondary N) is 1. The second-order valence-electron chi connectivity index (χ2n) is 4.45. The molecule has 0 aromatic carbocycles. The van der Waals surface area contributed by atoms with Crippen molar-refractivity contribution >= 4 is 22.8 Å². The molecule has 0 rings (SSSR count). The summed E-state index contributed by atoms with van der Waals surface area (Å²) in [6.07, 6.45) is 0.484. The standard InChI is InChI=1S/C12H24N2O4S/c1-4-19(18)9-7-13-12(17)14(10(2)3)8-5-6-11(15)16/h10H,4-9H2,1-3H3,(H,13,17)(H,15,16). The Kier molecular flexibility index (Phi) is 9.20. The summed E-state index contributed by atoms with van der Waals surface area (Å²) in [5.41, 5.74) is 0. The highest BCUT2D eigenvalue weighted by atomic mass is 32.2. The Labute approximate surface area is 117 Å². The number of hydrogen-bond donors (Lipinski definition) is 2. The molecular formula is C12H24N2O4S. The highest BCUT2D eigenvalue weighted by Gasteiger charge is 2.16. The fourth-order valence-corrected chi connectivity index (χ4v) is 2.13.